The molecule has 0 fully saturated rings. The van der Waals surface area contributed by atoms with Crippen LogP contribution in [0.15, 0.2) is 36.5 Å². The molecule has 0 radical (unpaired) electrons. The molecule has 2 nitrogen and oxygen atoms in total. The molecule has 0 saturated heterocycles. The molecule has 100 valence electrons. The Morgan fingerprint density at radius 3 is 2.74 bits per heavy atom. The van der Waals surface area contributed by atoms with E-state index in [0.29, 0.717) is 6.54 Å². The fraction of sp³-hybridized carbons (Fsp3) is 0.267. The minimum absolute atomic E-state index is 0.0491. The van der Waals surface area contributed by atoms with Crippen LogP contribution in [0.5, 0.6) is 0 Å². The lowest BCUT2D eigenvalue weighted by molar-refractivity contribution is 0.564. The van der Waals surface area contributed by atoms with E-state index >= 15 is 0 Å². The van der Waals surface area contributed by atoms with Gasteiger partial charge >= 0.3 is 0 Å². The highest BCUT2D eigenvalue weighted by Crippen LogP contribution is 2.20. The van der Waals surface area contributed by atoms with E-state index in [9.17, 15) is 4.39 Å². The Morgan fingerprint density at radius 2 is 2.11 bits per heavy atom. The maximum atomic E-state index is 13.4. The van der Waals surface area contributed by atoms with Crippen LogP contribution in [0.25, 0.3) is 0 Å². The van der Waals surface area contributed by atoms with E-state index in [-0.39, 0.29) is 16.9 Å². The highest BCUT2D eigenvalue weighted by molar-refractivity contribution is 6.30. The van der Waals surface area contributed by atoms with Crippen molar-refractivity contribution in [3.8, 4) is 0 Å². The van der Waals surface area contributed by atoms with Crippen LogP contribution in [-0.4, -0.2) is 4.98 Å². The second-order valence-corrected chi connectivity index (χ2v) is 4.99. The second-order valence-electron chi connectivity index (χ2n) is 4.58. The van der Waals surface area contributed by atoms with E-state index in [1.165, 1.54) is 6.07 Å². The van der Waals surface area contributed by atoms with E-state index < -0.39 is 0 Å². The van der Waals surface area contributed by atoms with Gasteiger partial charge in [0.25, 0.3) is 0 Å². The Hall–Kier alpha value is -1.45. The largest absolute Gasteiger partial charge is 0.306 e. The second kappa shape index (κ2) is 6.13. The van der Waals surface area contributed by atoms with Gasteiger partial charge in [-0.2, -0.15) is 0 Å². The molecule has 1 heterocycles. The molecule has 0 aliphatic heterocycles. The lowest BCUT2D eigenvalue weighted by Gasteiger charge is -2.14. The highest BCUT2D eigenvalue weighted by Gasteiger charge is 2.08. The number of aryl methyl sites for hydroxylation is 1. The summed E-state index contributed by atoms with van der Waals surface area (Å²) >= 11 is 5.67. The summed E-state index contributed by atoms with van der Waals surface area (Å²) in [5.74, 6) is -0.384. The summed E-state index contributed by atoms with van der Waals surface area (Å²) in [7, 11) is 0. The van der Waals surface area contributed by atoms with E-state index in [4.69, 9.17) is 11.6 Å². The SMILES string of the molecule is Cc1ccc(CNC(C)c2ccc(Cl)c(F)c2)cn1. The first-order valence-corrected chi connectivity index (χ1v) is 6.54. The first-order chi connectivity index (χ1) is 9.06. The Morgan fingerprint density at radius 1 is 1.32 bits per heavy atom. The minimum atomic E-state index is -0.384. The van der Waals surface area contributed by atoms with Crippen LogP contribution >= 0.6 is 11.6 Å². The molecular formula is C15H16ClFN2. The van der Waals surface area contributed by atoms with Crippen LogP contribution < -0.4 is 5.32 Å². The van der Waals surface area contributed by atoms with E-state index in [1.54, 1.807) is 6.07 Å². The van der Waals surface area contributed by atoms with Gasteiger partial charge < -0.3 is 5.32 Å². The average molecular weight is 279 g/mol. The highest BCUT2D eigenvalue weighted by atomic mass is 35.5. The molecule has 0 spiro atoms. The number of halogens is 2. The number of aromatic nitrogens is 1. The molecule has 1 unspecified atom stereocenters. The van der Waals surface area contributed by atoms with Gasteiger partial charge in [-0.05, 0) is 43.2 Å². The molecule has 0 bridgehead atoms. The van der Waals surface area contributed by atoms with Crippen molar-refractivity contribution in [1.29, 1.82) is 0 Å². The van der Waals surface area contributed by atoms with Crippen molar-refractivity contribution in [2.45, 2.75) is 26.4 Å². The summed E-state index contributed by atoms with van der Waals surface area (Å²) < 4.78 is 13.4. The van der Waals surface area contributed by atoms with Gasteiger partial charge in [-0.15, -0.1) is 0 Å². The van der Waals surface area contributed by atoms with Crippen LogP contribution in [0.3, 0.4) is 0 Å². The fourth-order valence-electron chi connectivity index (χ4n) is 1.77. The standard InChI is InChI=1S/C15H16ClFN2/c1-10-3-4-12(8-18-10)9-19-11(2)13-5-6-14(16)15(17)7-13/h3-8,11,19H,9H2,1-2H3. The third-order valence-corrected chi connectivity index (χ3v) is 3.34. The lowest BCUT2D eigenvalue weighted by Crippen LogP contribution is -2.18. The van der Waals surface area contributed by atoms with Crippen LogP contribution in [0.4, 0.5) is 4.39 Å². The molecule has 0 saturated carbocycles. The van der Waals surface area contributed by atoms with Gasteiger partial charge in [0.15, 0.2) is 0 Å². The van der Waals surface area contributed by atoms with Gasteiger partial charge in [-0.1, -0.05) is 23.7 Å². The molecule has 0 amide bonds. The van der Waals surface area contributed by atoms with Crippen LogP contribution in [0.2, 0.25) is 5.02 Å². The van der Waals surface area contributed by atoms with Crippen LogP contribution in [0, 0.1) is 12.7 Å². The number of hydrogen-bond donors (Lipinski definition) is 1. The number of pyridine rings is 1. The maximum absolute atomic E-state index is 13.4. The average Bonchev–Trinajstić information content (AvgIpc) is 2.41. The van der Waals surface area contributed by atoms with E-state index in [1.807, 2.05) is 38.2 Å². The van der Waals surface area contributed by atoms with Crippen molar-refractivity contribution in [3.05, 3.63) is 64.2 Å². The topological polar surface area (TPSA) is 24.9 Å². The first-order valence-electron chi connectivity index (χ1n) is 6.16. The normalized spacial score (nSPS) is 12.4. The van der Waals surface area contributed by atoms with Gasteiger partial charge in [-0.25, -0.2) is 4.39 Å². The zero-order valence-electron chi connectivity index (χ0n) is 11.0. The van der Waals surface area contributed by atoms with Crippen molar-refractivity contribution in [2.75, 3.05) is 0 Å². The van der Waals surface area contributed by atoms with Crippen LogP contribution in [-0.2, 0) is 6.54 Å². The summed E-state index contributed by atoms with van der Waals surface area (Å²) in [5.41, 5.74) is 2.98. The van der Waals surface area contributed by atoms with Crippen molar-refractivity contribution in [1.82, 2.24) is 10.3 Å². The number of rotatable bonds is 4. The number of nitrogens with zero attached hydrogens (tertiary/aromatic N) is 1. The summed E-state index contributed by atoms with van der Waals surface area (Å²) in [5, 5.41) is 3.48. The van der Waals surface area contributed by atoms with E-state index in [2.05, 4.69) is 10.3 Å². The molecule has 1 aromatic heterocycles. The number of benzene rings is 1. The smallest absolute Gasteiger partial charge is 0.142 e. The fourth-order valence-corrected chi connectivity index (χ4v) is 1.89. The summed E-state index contributed by atoms with van der Waals surface area (Å²) in [6.45, 7) is 4.64. The van der Waals surface area contributed by atoms with E-state index in [0.717, 1.165) is 16.8 Å². The molecule has 1 atom stereocenters. The lowest BCUT2D eigenvalue weighted by atomic mass is 10.1. The van der Waals surface area contributed by atoms with Crippen molar-refractivity contribution < 1.29 is 4.39 Å². The number of hydrogen-bond acceptors (Lipinski definition) is 2. The minimum Gasteiger partial charge on any atom is -0.306 e. The summed E-state index contributed by atoms with van der Waals surface area (Å²) in [6.07, 6.45) is 1.84. The van der Waals surface area contributed by atoms with Gasteiger partial charge in [0.2, 0.25) is 0 Å². The van der Waals surface area contributed by atoms with Gasteiger partial charge in [0, 0.05) is 24.5 Å². The molecule has 4 heteroatoms. The van der Waals surface area contributed by atoms with Gasteiger partial charge in [-0.3, -0.25) is 4.98 Å². The molecule has 2 aromatic rings. The van der Waals surface area contributed by atoms with Crippen molar-refractivity contribution in [3.63, 3.8) is 0 Å². The van der Waals surface area contributed by atoms with Crippen LogP contribution in [0.1, 0.15) is 29.8 Å². The summed E-state index contributed by atoms with van der Waals surface area (Å²) in [6, 6.07) is 8.93. The zero-order valence-corrected chi connectivity index (χ0v) is 11.7. The Labute approximate surface area is 117 Å². The Balaban J connectivity index is 1.98. The quantitative estimate of drug-likeness (QED) is 0.913. The monoisotopic (exact) mass is 278 g/mol. The summed E-state index contributed by atoms with van der Waals surface area (Å²) in [4.78, 5) is 4.24. The predicted octanol–water partition coefficient (Wildman–Crippen LogP) is 4.03. The Bertz CT molecular complexity index is 555. The van der Waals surface area contributed by atoms with Crippen molar-refractivity contribution >= 4 is 11.6 Å². The van der Waals surface area contributed by atoms with Gasteiger partial charge in [0.05, 0.1) is 5.02 Å². The van der Waals surface area contributed by atoms with Gasteiger partial charge in [0.1, 0.15) is 5.82 Å². The molecule has 1 N–H and O–H groups in total. The zero-order chi connectivity index (χ0) is 13.8. The first kappa shape index (κ1) is 14.0. The molecule has 0 aliphatic carbocycles. The van der Waals surface area contributed by atoms with Crippen molar-refractivity contribution in [2.24, 2.45) is 0 Å². The molecule has 2 rings (SSSR count). The molecule has 0 aliphatic rings. The predicted molar refractivity (Wildman–Crippen MR) is 75.6 cm³/mol. The maximum Gasteiger partial charge on any atom is 0.142 e. The molecular weight excluding hydrogens is 263 g/mol. The molecule has 1 aromatic carbocycles. The third-order valence-electron chi connectivity index (χ3n) is 3.03. The Kier molecular flexibility index (Phi) is 4.51. The molecule has 19 heavy (non-hydrogen) atoms. The number of nitrogens with one attached hydrogen (secondary N) is 1. The third kappa shape index (κ3) is 3.75.